The summed E-state index contributed by atoms with van der Waals surface area (Å²) in [6.45, 7) is -0.152. The zero-order chi connectivity index (χ0) is 10.1. The molecule has 3 N–H and O–H groups in total. The highest BCUT2D eigenvalue weighted by molar-refractivity contribution is 5.89. The Labute approximate surface area is 79.0 Å². The van der Waals surface area contributed by atoms with Crippen molar-refractivity contribution >= 4 is 17.0 Å². The summed E-state index contributed by atoms with van der Waals surface area (Å²) in [6.07, 6.45) is 0. The second-order valence-corrected chi connectivity index (χ2v) is 2.86. The number of carboxylic acids is 1. The first-order valence-electron chi connectivity index (χ1n) is 4.04. The van der Waals surface area contributed by atoms with Crippen LogP contribution in [0.15, 0.2) is 18.2 Å². The predicted octanol–water partition coefficient (Wildman–Crippen LogP) is 0.753. The molecule has 0 spiro atoms. The summed E-state index contributed by atoms with van der Waals surface area (Å²) in [6, 6.07) is 5.15. The van der Waals surface area contributed by atoms with Crippen LogP contribution in [0.2, 0.25) is 0 Å². The SMILES string of the molecule is O=C(O)c1nc2c(CO)cccc2[nH]1. The minimum atomic E-state index is -1.11. The lowest BCUT2D eigenvalue weighted by atomic mass is 10.2. The molecule has 2 aromatic rings. The summed E-state index contributed by atoms with van der Waals surface area (Å²) in [5, 5.41) is 17.7. The number of H-pyrrole nitrogens is 1. The van der Waals surface area contributed by atoms with Crippen LogP contribution in [0.3, 0.4) is 0 Å². The molecule has 0 unspecified atom stereocenters. The van der Waals surface area contributed by atoms with Gasteiger partial charge in [0.05, 0.1) is 17.6 Å². The van der Waals surface area contributed by atoms with Crippen LogP contribution in [0.1, 0.15) is 16.2 Å². The van der Waals surface area contributed by atoms with E-state index in [0.717, 1.165) is 0 Å². The zero-order valence-corrected chi connectivity index (χ0v) is 7.19. The van der Waals surface area contributed by atoms with Gasteiger partial charge in [-0.3, -0.25) is 0 Å². The number of aromatic amines is 1. The van der Waals surface area contributed by atoms with Gasteiger partial charge >= 0.3 is 5.97 Å². The van der Waals surface area contributed by atoms with Crippen LogP contribution in [0.4, 0.5) is 0 Å². The highest BCUT2D eigenvalue weighted by Crippen LogP contribution is 2.16. The van der Waals surface area contributed by atoms with Crippen LogP contribution in [0.25, 0.3) is 11.0 Å². The molecular formula is C9H8N2O3. The molecule has 1 heterocycles. The molecule has 0 fully saturated rings. The predicted molar refractivity (Wildman–Crippen MR) is 49.0 cm³/mol. The number of aromatic nitrogens is 2. The van der Waals surface area contributed by atoms with Gasteiger partial charge in [-0.25, -0.2) is 9.78 Å². The number of imidazole rings is 1. The Bertz CT molecular complexity index is 490. The van der Waals surface area contributed by atoms with Gasteiger partial charge in [0, 0.05) is 5.56 Å². The number of hydrogen-bond donors (Lipinski definition) is 3. The number of fused-ring (bicyclic) bond motifs is 1. The summed E-state index contributed by atoms with van der Waals surface area (Å²) >= 11 is 0. The first-order valence-corrected chi connectivity index (χ1v) is 4.04. The van der Waals surface area contributed by atoms with Gasteiger partial charge in [0.2, 0.25) is 5.82 Å². The van der Waals surface area contributed by atoms with E-state index >= 15 is 0 Å². The average Bonchev–Trinajstić information content (AvgIpc) is 2.60. The van der Waals surface area contributed by atoms with Crippen molar-refractivity contribution in [2.75, 3.05) is 0 Å². The van der Waals surface area contributed by atoms with Crippen LogP contribution in [-0.4, -0.2) is 26.2 Å². The molecule has 2 rings (SSSR count). The van der Waals surface area contributed by atoms with Crippen molar-refractivity contribution in [1.29, 1.82) is 0 Å². The number of aliphatic hydroxyl groups is 1. The first-order chi connectivity index (χ1) is 6.72. The number of nitrogens with zero attached hydrogens (tertiary/aromatic N) is 1. The molecule has 0 aliphatic heterocycles. The maximum atomic E-state index is 10.6. The number of nitrogens with one attached hydrogen (secondary N) is 1. The van der Waals surface area contributed by atoms with E-state index in [9.17, 15) is 4.79 Å². The molecule has 1 aromatic carbocycles. The minimum Gasteiger partial charge on any atom is -0.475 e. The second kappa shape index (κ2) is 3.12. The summed E-state index contributed by atoms with van der Waals surface area (Å²) in [7, 11) is 0. The van der Waals surface area contributed by atoms with Gasteiger partial charge < -0.3 is 15.2 Å². The van der Waals surface area contributed by atoms with Crippen LogP contribution in [-0.2, 0) is 6.61 Å². The van der Waals surface area contributed by atoms with E-state index in [1.54, 1.807) is 18.2 Å². The Morgan fingerprint density at radius 1 is 1.50 bits per heavy atom. The Morgan fingerprint density at radius 3 is 2.93 bits per heavy atom. The Morgan fingerprint density at radius 2 is 2.29 bits per heavy atom. The van der Waals surface area contributed by atoms with Crippen molar-refractivity contribution < 1.29 is 15.0 Å². The molecular weight excluding hydrogens is 184 g/mol. The lowest BCUT2D eigenvalue weighted by Gasteiger charge is -1.94. The molecule has 5 nitrogen and oxygen atoms in total. The first kappa shape index (κ1) is 8.71. The highest BCUT2D eigenvalue weighted by atomic mass is 16.4. The maximum Gasteiger partial charge on any atom is 0.371 e. The molecule has 72 valence electrons. The Balaban J connectivity index is 2.70. The Hall–Kier alpha value is -1.88. The number of carboxylic acid groups (broad SMARTS) is 1. The van der Waals surface area contributed by atoms with E-state index in [4.69, 9.17) is 10.2 Å². The van der Waals surface area contributed by atoms with Crippen molar-refractivity contribution in [3.8, 4) is 0 Å². The number of para-hydroxylation sites is 1. The van der Waals surface area contributed by atoms with E-state index < -0.39 is 5.97 Å². The molecule has 0 amide bonds. The van der Waals surface area contributed by atoms with Crippen LogP contribution < -0.4 is 0 Å². The second-order valence-electron chi connectivity index (χ2n) is 2.86. The van der Waals surface area contributed by atoms with Gasteiger partial charge in [-0.15, -0.1) is 0 Å². The topological polar surface area (TPSA) is 86.2 Å². The molecule has 0 bridgehead atoms. The smallest absolute Gasteiger partial charge is 0.371 e. The number of rotatable bonds is 2. The maximum absolute atomic E-state index is 10.6. The van der Waals surface area contributed by atoms with E-state index in [0.29, 0.717) is 16.6 Å². The van der Waals surface area contributed by atoms with Crippen molar-refractivity contribution in [3.63, 3.8) is 0 Å². The fraction of sp³-hybridized carbons (Fsp3) is 0.111. The van der Waals surface area contributed by atoms with Crippen molar-refractivity contribution in [3.05, 3.63) is 29.6 Å². The third kappa shape index (κ3) is 1.23. The summed E-state index contributed by atoms with van der Waals surface area (Å²) in [4.78, 5) is 17.1. The molecule has 0 aliphatic rings. The molecule has 0 aliphatic carbocycles. The highest BCUT2D eigenvalue weighted by Gasteiger charge is 2.10. The lowest BCUT2D eigenvalue weighted by Crippen LogP contribution is -1.98. The molecule has 0 saturated heterocycles. The summed E-state index contributed by atoms with van der Waals surface area (Å²) < 4.78 is 0. The van der Waals surface area contributed by atoms with Gasteiger partial charge in [0.1, 0.15) is 0 Å². The van der Waals surface area contributed by atoms with E-state index in [1.807, 2.05) is 0 Å². The van der Waals surface area contributed by atoms with E-state index in [1.165, 1.54) is 0 Å². The van der Waals surface area contributed by atoms with E-state index in [2.05, 4.69) is 9.97 Å². The molecule has 14 heavy (non-hydrogen) atoms. The van der Waals surface area contributed by atoms with Gasteiger partial charge in [-0.05, 0) is 6.07 Å². The lowest BCUT2D eigenvalue weighted by molar-refractivity contribution is 0.0685. The Kier molecular flexibility index (Phi) is 1.94. The summed E-state index contributed by atoms with van der Waals surface area (Å²) in [5.74, 6) is -1.22. The average molecular weight is 192 g/mol. The number of benzene rings is 1. The van der Waals surface area contributed by atoms with Crippen molar-refractivity contribution in [2.45, 2.75) is 6.61 Å². The molecule has 0 radical (unpaired) electrons. The van der Waals surface area contributed by atoms with E-state index in [-0.39, 0.29) is 12.4 Å². The fourth-order valence-electron chi connectivity index (χ4n) is 1.32. The van der Waals surface area contributed by atoms with Gasteiger partial charge in [-0.1, -0.05) is 12.1 Å². The standard InChI is InChI=1S/C9H8N2O3/c12-4-5-2-1-3-6-7(5)11-8(10-6)9(13)14/h1-3,12H,4H2,(H,10,11)(H,13,14). The number of aromatic carboxylic acids is 1. The quantitative estimate of drug-likeness (QED) is 0.655. The zero-order valence-electron chi connectivity index (χ0n) is 7.19. The largest absolute Gasteiger partial charge is 0.475 e. The van der Waals surface area contributed by atoms with Gasteiger partial charge in [0.25, 0.3) is 0 Å². The van der Waals surface area contributed by atoms with Crippen LogP contribution in [0, 0.1) is 0 Å². The monoisotopic (exact) mass is 192 g/mol. The number of hydrogen-bond acceptors (Lipinski definition) is 3. The normalized spacial score (nSPS) is 10.6. The van der Waals surface area contributed by atoms with Gasteiger partial charge in [0.15, 0.2) is 0 Å². The third-order valence-electron chi connectivity index (χ3n) is 1.97. The molecule has 0 saturated carbocycles. The molecule has 1 aromatic heterocycles. The summed E-state index contributed by atoms with van der Waals surface area (Å²) in [5.41, 5.74) is 1.74. The van der Waals surface area contributed by atoms with Crippen LogP contribution >= 0.6 is 0 Å². The minimum absolute atomic E-state index is 0.110. The fourth-order valence-corrected chi connectivity index (χ4v) is 1.32. The van der Waals surface area contributed by atoms with Crippen molar-refractivity contribution in [2.24, 2.45) is 0 Å². The van der Waals surface area contributed by atoms with Gasteiger partial charge in [-0.2, -0.15) is 0 Å². The molecule has 0 atom stereocenters. The molecule has 5 heteroatoms. The van der Waals surface area contributed by atoms with Crippen LogP contribution in [0.5, 0.6) is 0 Å². The number of carbonyl (C=O) groups is 1. The number of aliphatic hydroxyl groups excluding tert-OH is 1. The third-order valence-corrected chi connectivity index (χ3v) is 1.97. The van der Waals surface area contributed by atoms with Crippen molar-refractivity contribution in [1.82, 2.24) is 9.97 Å².